The molecular formula is C23H29N5O3. The van der Waals surface area contributed by atoms with Gasteiger partial charge in [-0.3, -0.25) is 19.4 Å². The van der Waals surface area contributed by atoms with Crippen molar-refractivity contribution in [2.45, 2.75) is 58.4 Å². The molecule has 8 heteroatoms. The number of aromatic amines is 1. The molecule has 2 aliphatic heterocycles. The van der Waals surface area contributed by atoms with E-state index in [0.29, 0.717) is 56.0 Å². The molecule has 0 spiro atoms. The van der Waals surface area contributed by atoms with Gasteiger partial charge < -0.3 is 14.8 Å². The molecule has 164 valence electrons. The number of amides is 2. The predicted octanol–water partition coefficient (Wildman–Crippen LogP) is 2.18. The molecule has 1 fully saturated rings. The van der Waals surface area contributed by atoms with Gasteiger partial charge in [0.25, 0.3) is 11.5 Å². The lowest BCUT2D eigenvalue weighted by Gasteiger charge is -2.32. The van der Waals surface area contributed by atoms with E-state index < -0.39 is 0 Å². The number of nitrogens with zero attached hydrogens (tertiary/aromatic N) is 4. The Hall–Kier alpha value is -3.03. The van der Waals surface area contributed by atoms with Crippen molar-refractivity contribution in [2.75, 3.05) is 19.6 Å². The van der Waals surface area contributed by atoms with Crippen LogP contribution in [0.25, 0.3) is 0 Å². The minimum Gasteiger partial charge on any atom is -0.339 e. The molecule has 0 aliphatic carbocycles. The first-order chi connectivity index (χ1) is 15.0. The highest BCUT2D eigenvalue weighted by Crippen LogP contribution is 2.27. The second-order valence-electron chi connectivity index (χ2n) is 8.39. The van der Waals surface area contributed by atoms with Crippen LogP contribution >= 0.6 is 0 Å². The standard InChI is InChI=1S/C23H29N5O3/c1-3-5-20(29)28-13-9-19-18(14-28)22(30)26-21(25-19)16-7-11-27(12-8-16)23(31)17-6-4-10-24-15(17)2/h4,6,10,16H,3,5,7-9,11-14H2,1-2H3,(H,25,26,30). The van der Waals surface area contributed by atoms with Crippen molar-refractivity contribution in [3.05, 3.63) is 57.0 Å². The second kappa shape index (κ2) is 8.99. The van der Waals surface area contributed by atoms with Gasteiger partial charge in [-0.15, -0.1) is 0 Å². The van der Waals surface area contributed by atoms with E-state index in [1.165, 1.54) is 0 Å². The molecule has 8 nitrogen and oxygen atoms in total. The Morgan fingerprint density at radius 1 is 1.19 bits per heavy atom. The Kier molecular flexibility index (Phi) is 6.15. The molecule has 0 radical (unpaired) electrons. The fourth-order valence-corrected chi connectivity index (χ4v) is 4.46. The largest absolute Gasteiger partial charge is 0.339 e. The number of fused-ring (bicyclic) bond motifs is 1. The van der Waals surface area contributed by atoms with Crippen molar-refractivity contribution in [3.8, 4) is 0 Å². The van der Waals surface area contributed by atoms with Crippen LogP contribution in [0.1, 0.15) is 71.7 Å². The Balaban J connectivity index is 1.44. The van der Waals surface area contributed by atoms with E-state index in [1.54, 1.807) is 17.2 Å². The number of piperidine rings is 1. The molecule has 2 amide bonds. The lowest BCUT2D eigenvalue weighted by atomic mass is 9.94. The summed E-state index contributed by atoms with van der Waals surface area (Å²) in [6.07, 6.45) is 5.13. The minimum absolute atomic E-state index is 0.00721. The van der Waals surface area contributed by atoms with Gasteiger partial charge in [-0.1, -0.05) is 6.92 Å². The van der Waals surface area contributed by atoms with Crippen LogP contribution in [-0.2, 0) is 17.8 Å². The molecule has 0 bridgehead atoms. The highest BCUT2D eigenvalue weighted by Gasteiger charge is 2.29. The van der Waals surface area contributed by atoms with Crippen molar-refractivity contribution in [3.63, 3.8) is 0 Å². The van der Waals surface area contributed by atoms with Gasteiger partial charge in [0.1, 0.15) is 5.82 Å². The molecule has 2 aromatic rings. The molecule has 4 rings (SSSR count). The zero-order valence-electron chi connectivity index (χ0n) is 18.2. The van der Waals surface area contributed by atoms with E-state index in [1.807, 2.05) is 24.8 Å². The Bertz CT molecular complexity index is 1040. The molecule has 0 saturated carbocycles. The first-order valence-electron chi connectivity index (χ1n) is 11.1. The first kappa shape index (κ1) is 21.2. The van der Waals surface area contributed by atoms with E-state index in [4.69, 9.17) is 4.98 Å². The maximum absolute atomic E-state index is 12.8. The van der Waals surface area contributed by atoms with E-state index in [9.17, 15) is 14.4 Å². The lowest BCUT2D eigenvalue weighted by Crippen LogP contribution is -2.41. The average Bonchev–Trinajstić information content (AvgIpc) is 2.79. The van der Waals surface area contributed by atoms with Crippen LogP contribution in [0.5, 0.6) is 0 Å². The van der Waals surface area contributed by atoms with Gasteiger partial charge in [0, 0.05) is 50.3 Å². The Labute approximate surface area is 181 Å². The fourth-order valence-electron chi connectivity index (χ4n) is 4.46. The number of aryl methyl sites for hydroxylation is 1. The summed E-state index contributed by atoms with van der Waals surface area (Å²) in [6.45, 7) is 6.02. The highest BCUT2D eigenvalue weighted by atomic mass is 16.2. The molecule has 2 aromatic heterocycles. The second-order valence-corrected chi connectivity index (χ2v) is 8.39. The van der Waals surface area contributed by atoms with Crippen molar-refractivity contribution < 1.29 is 9.59 Å². The summed E-state index contributed by atoms with van der Waals surface area (Å²) in [4.78, 5) is 53.3. The number of rotatable bonds is 4. The SMILES string of the molecule is CCCC(=O)N1CCc2nc(C3CCN(C(=O)c4cccnc4C)CC3)[nH]c(=O)c2C1. The summed E-state index contributed by atoms with van der Waals surface area (Å²) >= 11 is 0. The van der Waals surface area contributed by atoms with Gasteiger partial charge in [0.2, 0.25) is 5.91 Å². The van der Waals surface area contributed by atoms with Crippen molar-refractivity contribution in [2.24, 2.45) is 0 Å². The molecule has 4 heterocycles. The smallest absolute Gasteiger partial charge is 0.256 e. The number of hydrogen-bond acceptors (Lipinski definition) is 5. The summed E-state index contributed by atoms with van der Waals surface area (Å²) in [7, 11) is 0. The van der Waals surface area contributed by atoms with E-state index >= 15 is 0 Å². The molecular weight excluding hydrogens is 394 g/mol. The number of nitrogens with one attached hydrogen (secondary N) is 1. The highest BCUT2D eigenvalue weighted by molar-refractivity contribution is 5.95. The topological polar surface area (TPSA) is 99.3 Å². The zero-order chi connectivity index (χ0) is 22.0. The van der Waals surface area contributed by atoms with Gasteiger partial charge in [-0.25, -0.2) is 4.98 Å². The molecule has 1 saturated heterocycles. The van der Waals surface area contributed by atoms with Crippen LogP contribution in [0.4, 0.5) is 0 Å². The van der Waals surface area contributed by atoms with Gasteiger partial charge in [0.05, 0.1) is 23.4 Å². The number of carbonyl (C=O) groups excluding carboxylic acids is 2. The van der Waals surface area contributed by atoms with Crippen molar-refractivity contribution in [1.82, 2.24) is 24.8 Å². The van der Waals surface area contributed by atoms with Gasteiger partial charge >= 0.3 is 0 Å². The maximum atomic E-state index is 12.8. The molecule has 2 aliphatic rings. The predicted molar refractivity (Wildman–Crippen MR) is 116 cm³/mol. The van der Waals surface area contributed by atoms with E-state index in [0.717, 1.165) is 30.7 Å². The van der Waals surface area contributed by atoms with Crippen LogP contribution < -0.4 is 5.56 Å². The first-order valence-corrected chi connectivity index (χ1v) is 11.1. The number of aromatic nitrogens is 3. The number of likely N-dealkylation sites (tertiary alicyclic amines) is 1. The summed E-state index contributed by atoms with van der Waals surface area (Å²) < 4.78 is 0. The molecule has 31 heavy (non-hydrogen) atoms. The third kappa shape index (κ3) is 4.38. The fraction of sp³-hybridized carbons (Fsp3) is 0.522. The van der Waals surface area contributed by atoms with Crippen molar-refractivity contribution in [1.29, 1.82) is 0 Å². The Morgan fingerprint density at radius 2 is 1.97 bits per heavy atom. The van der Waals surface area contributed by atoms with Crippen LogP contribution in [0, 0.1) is 6.92 Å². The van der Waals surface area contributed by atoms with E-state index in [-0.39, 0.29) is 23.3 Å². The van der Waals surface area contributed by atoms with Gasteiger partial charge in [-0.2, -0.15) is 0 Å². The summed E-state index contributed by atoms with van der Waals surface area (Å²) in [6, 6.07) is 3.60. The maximum Gasteiger partial charge on any atom is 0.256 e. The molecule has 0 aromatic carbocycles. The Morgan fingerprint density at radius 3 is 2.68 bits per heavy atom. The van der Waals surface area contributed by atoms with Crippen molar-refractivity contribution >= 4 is 11.8 Å². The number of H-pyrrole nitrogens is 1. The number of carbonyl (C=O) groups is 2. The zero-order valence-corrected chi connectivity index (χ0v) is 18.2. The summed E-state index contributed by atoms with van der Waals surface area (Å²) in [5.41, 5.74) is 2.66. The van der Waals surface area contributed by atoms with Crippen LogP contribution in [0.2, 0.25) is 0 Å². The summed E-state index contributed by atoms with van der Waals surface area (Å²) in [5.74, 6) is 0.934. The van der Waals surface area contributed by atoms with Crippen LogP contribution in [-0.4, -0.2) is 56.2 Å². The minimum atomic E-state index is -0.140. The average molecular weight is 424 g/mol. The molecule has 0 atom stereocenters. The third-order valence-electron chi connectivity index (χ3n) is 6.31. The molecule has 1 N–H and O–H groups in total. The van der Waals surface area contributed by atoms with Gasteiger partial charge in [-0.05, 0) is 38.3 Å². The number of pyridine rings is 1. The van der Waals surface area contributed by atoms with Crippen LogP contribution in [0.15, 0.2) is 23.1 Å². The van der Waals surface area contributed by atoms with E-state index in [2.05, 4.69) is 9.97 Å². The quantitative estimate of drug-likeness (QED) is 0.813. The monoisotopic (exact) mass is 423 g/mol. The normalized spacial score (nSPS) is 16.8. The third-order valence-corrected chi connectivity index (χ3v) is 6.31. The molecule has 0 unspecified atom stereocenters. The summed E-state index contributed by atoms with van der Waals surface area (Å²) in [5, 5.41) is 0. The lowest BCUT2D eigenvalue weighted by molar-refractivity contribution is -0.132. The number of hydrogen-bond donors (Lipinski definition) is 1. The van der Waals surface area contributed by atoms with Crippen LogP contribution in [0.3, 0.4) is 0 Å². The van der Waals surface area contributed by atoms with Gasteiger partial charge in [0.15, 0.2) is 0 Å².